The molecular formula is C17H23FN2O5. The molecule has 1 aromatic rings. The van der Waals surface area contributed by atoms with E-state index in [1.165, 1.54) is 24.3 Å². The summed E-state index contributed by atoms with van der Waals surface area (Å²) in [4.78, 5) is 23.8. The highest BCUT2D eigenvalue weighted by atomic mass is 19.1. The van der Waals surface area contributed by atoms with Gasteiger partial charge in [-0.15, -0.1) is 0 Å². The summed E-state index contributed by atoms with van der Waals surface area (Å²) in [5, 5.41) is 34.8. The van der Waals surface area contributed by atoms with Gasteiger partial charge in [-0.1, -0.05) is 0 Å². The first-order valence-corrected chi connectivity index (χ1v) is 8.15. The lowest BCUT2D eigenvalue weighted by Gasteiger charge is -2.40. The highest BCUT2D eigenvalue weighted by Gasteiger charge is 2.40. The number of aliphatic hydroxyl groups is 3. The van der Waals surface area contributed by atoms with Crippen LogP contribution in [0.1, 0.15) is 30.1 Å². The molecule has 138 valence electrons. The average molecular weight is 354 g/mol. The van der Waals surface area contributed by atoms with E-state index in [9.17, 15) is 29.3 Å². The number of Topliss-reactive ketones (excluding diaryl/α,β-unsaturated/α-hetero) is 1. The van der Waals surface area contributed by atoms with Gasteiger partial charge in [-0.3, -0.25) is 9.59 Å². The number of benzene rings is 1. The number of carbonyl (C=O) groups is 2. The monoisotopic (exact) mass is 354 g/mol. The Morgan fingerprint density at radius 1 is 1.08 bits per heavy atom. The van der Waals surface area contributed by atoms with Crippen molar-refractivity contribution in [3.63, 3.8) is 0 Å². The second kappa shape index (κ2) is 8.48. The van der Waals surface area contributed by atoms with Crippen molar-refractivity contribution in [3.8, 4) is 0 Å². The number of ketones is 1. The van der Waals surface area contributed by atoms with Crippen molar-refractivity contribution >= 4 is 11.7 Å². The highest BCUT2D eigenvalue weighted by Crippen LogP contribution is 2.15. The Morgan fingerprint density at radius 2 is 1.72 bits per heavy atom. The van der Waals surface area contributed by atoms with Gasteiger partial charge in [0.15, 0.2) is 5.78 Å². The quantitative estimate of drug-likeness (QED) is 0.433. The van der Waals surface area contributed by atoms with E-state index >= 15 is 0 Å². The average Bonchev–Trinajstić information content (AvgIpc) is 2.60. The van der Waals surface area contributed by atoms with Gasteiger partial charge in [-0.2, -0.15) is 0 Å². The van der Waals surface area contributed by atoms with Gasteiger partial charge in [-0.25, -0.2) is 4.39 Å². The third kappa shape index (κ3) is 5.05. The van der Waals surface area contributed by atoms with Crippen LogP contribution in [0.25, 0.3) is 0 Å². The molecule has 8 heteroatoms. The fourth-order valence-electron chi connectivity index (χ4n) is 2.77. The Balaban J connectivity index is 1.77. The van der Waals surface area contributed by atoms with E-state index in [-0.39, 0.29) is 31.1 Å². The molecule has 0 saturated carbocycles. The van der Waals surface area contributed by atoms with E-state index < -0.39 is 36.2 Å². The lowest BCUT2D eigenvalue weighted by atomic mass is 9.91. The van der Waals surface area contributed by atoms with Crippen LogP contribution in [0, 0.1) is 5.82 Å². The highest BCUT2D eigenvalue weighted by molar-refractivity contribution is 5.97. The molecule has 0 radical (unpaired) electrons. The number of rotatable bonds is 6. The number of halogens is 1. The van der Waals surface area contributed by atoms with Gasteiger partial charge in [0.1, 0.15) is 11.9 Å². The molecule has 5 atom stereocenters. The molecule has 1 amide bonds. The Kier molecular flexibility index (Phi) is 6.60. The SMILES string of the molecule is C[C@@H]1N[C@H](CNC(=O)CCC(=O)c2ccc(F)cc2)[C@@H](O)[C@H](O)[C@@H]1O. The summed E-state index contributed by atoms with van der Waals surface area (Å²) in [6, 6.07) is 4.07. The number of hydrogen-bond donors (Lipinski definition) is 5. The number of aliphatic hydroxyl groups excluding tert-OH is 3. The Labute approximate surface area is 144 Å². The molecule has 25 heavy (non-hydrogen) atoms. The second-order valence-electron chi connectivity index (χ2n) is 6.27. The molecule has 0 spiro atoms. The van der Waals surface area contributed by atoms with Gasteiger partial charge in [0.2, 0.25) is 5.91 Å². The first kappa shape index (κ1) is 19.5. The smallest absolute Gasteiger partial charge is 0.220 e. The first-order chi connectivity index (χ1) is 11.8. The Morgan fingerprint density at radius 3 is 2.36 bits per heavy atom. The summed E-state index contributed by atoms with van der Waals surface area (Å²) >= 11 is 0. The molecule has 1 fully saturated rings. The maximum absolute atomic E-state index is 12.8. The van der Waals surface area contributed by atoms with Crippen molar-refractivity contribution in [3.05, 3.63) is 35.6 Å². The Bertz CT molecular complexity index is 610. The van der Waals surface area contributed by atoms with Crippen molar-refractivity contribution in [1.82, 2.24) is 10.6 Å². The fraction of sp³-hybridized carbons (Fsp3) is 0.529. The van der Waals surface area contributed by atoms with Crippen LogP contribution in [0.2, 0.25) is 0 Å². The first-order valence-electron chi connectivity index (χ1n) is 8.15. The fourth-order valence-corrected chi connectivity index (χ4v) is 2.77. The molecule has 7 nitrogen and oxygen atoms in total. The molecule has 0 aromatic heterocycles. The van der Waals surface area contributed by atoms with Crippen LogP contribution >= 0.6 is 0 Å². The molecule has 1 aliphatic heterocycles. The number of amides is 1. The van der Waals surface area contributed by atoms with Crippen LogP contribution in [0.3, 0.4) is 0 Å². The molecule has 1 heterocycles. The third-order valence-corrected chi connectivity index (χ3v) is 4.37. The molecule has 0 aliphatic carbocycles. The molecule has 2 rings (SSSR count). The van der Waals surface area contributed by atoms with Crippen LogP contribution in [0.4, 0.5) is 4.39 Å². The summed E-state index contributed by atoms with van der Waals surface area (Å²) in [6.45, 7) is 1.72. The normalized spacial score (nSPS) is 29.2. The van der Waals surface area contributed by atoms with Crippen molar-refractivity contribution < 1.29 is 29.3 Å². The number of carbonyl (C=O) groups excluding carboxylic acids is 2. The molecule has 1 aromatic carbocycles. The van der Waals surface area contributed by atoms with Gasteiger partial charge < -0.3 is 26.0 Å². The summed E-state index contributed by atoms with van der Waals surface area (Å²) in [5.41, 5.74) is 0.338. The maximum atomic E-state index is 12.8. The second-order valence-corrected chi connectivity index (χ2v) is 6.27. The summed E-state index contributed by atoms with van der Waals surface area (Å²) in [5.74, 6) is -1.08. The predicted octanol–water partition coefficient (Wildman–Crippen LogP) is -0.652. The van der Waals surface area contributed by atoms with E-state index in [2.05, 4.69) is 10.6 Å². The summed E-state index contributed by atoms with van der Waals surface area (Å²) in [7, 11) is 0. The van der Waals surface area contributed by atoms with Crippen LogP contribution < -0.4 is 10.6 Å². The van der Waals surface area contributed by atoms with Crippen LogP contribution in [-0.4, -0.2) is 64.0 Å². The number of hydrogen-bond acceptors (Lipinski definition) is 6. The van der Waals surface area contributed by atoms with E-state index in [0.717, 1.165) is 0 Å². The molecule has 0 bridgehead atoms. The lowest BCUT2D eigenvalue weighted by molar-refractivity contribution is -0.123. The van der Waals surface area contributed by atoms with E-state index in [0.29, 0.717) is 5.56 Å². The minimum Gasteiger partial charge on any atom is -0.389 e. The van der Waals surface area contributed by atoms with E-state index in [4.69, 9.17) is 0 Å². The maximum Gasteiger partial charge on any atom is 0.220 e. The molecule has 0 unspecified atom stereocenters. The number of piperidine rings is 1. The van der Waals surface area contributed by atoms with Gasteiger partial charge in [0.05, 0.1) is 18.2 Å². The minimum atomic E-state index is -1.29. The topological polar surface area (TPSA) is 119 Å². The minimum absolute atomic E-state index is 0.0180. The van der Waals surface area contributed by atoms with Gasteiger partial charge in [0, 0.05) is 31.0 Å². The van der Waals surface area contributed by atoms with E-state index in [1.54, 1.807) is 6.92 Å². The predicted molar refractivity (Wildman–Crippen MR) is 87.4 cm³/mol. The van der Waals surface area contributed by atoms with Crippen LogP contribution in [0.5, 0.6) is 0 Å². The number of nitrogens with one attached hydrogen (secondary N) is 2. The standard InChI is InChI=1S/C17H23FN2O5/c1-9-15(23)17(25)16(24)12(20-9)8-19-14(22)7-6-13(21)10-2-4-11(18)5-3-10/h2-5,9,12,15-17,20,23-25H,6-8H2,1H3,(H,19,22)/t9-,12+,15+,16+,17+/m0/s1. The van der Waals surface area contributed by atoms with Gasteiger partial charge in [-0.05, 0) is 31.2 Å². The molecular weight excluding hydrogens is 331 g/mol. The van der Waals surface area contributed by atoms with Gasteiger partial charge in [0.25, 0.3) is 0 Å². The van der Waals surface area contributed by atoms with Crippen LogP contribution in [0.15, 0.2) is 24.3 Å². The van der Waals surface area contributed by atoms with E-state index in [1.807, 2.05) is 0 Å². The zero-order valence-electron chi connectivity index (χ0n) is 13.9. The van der Waals surface area contributed by atoms with Crippen molar-refractivity contribution in [2.24, 2.45) is 0 Å². The Hall–Kier alpha value is -1.87. The lowest BCUT2D eigenvalue weighted by Crippen LogP contribution is -2.66. The molecule has 1 aliphatic rings. The summed E-state index contributed by atoms with van der Waals surface area (Å²) in [6.07, 6.45) is -3.66. The van der Waals surface area contributed by atoms with Crippen LogP contribution in [-0.2, 0) is 4.79 Å². The zero-order chi connectivity index (χ0) is 18.6. The van der Waals surface area contributed by atoms with Gasteiger partial charge >= 0.3 is 0 Å². The zero-order valence-corrected chi connectivity index (χ0v) is 13.9. The largest absolute Gasteiger partial charge is 0.389 e. The van der Waals surface area contributed by atoms with Crippen molar-refractivity contribution in [2.75, 3.05) is 6.54 Å². The molecule has 1 saturated heterocycles. The third-order valence-electron chi connectivity index (χ3n) is 4.37. The summed E-state index contributed by atoms with van der Waals surface area (Å²) < 4.78 is 12.8. The van der Waals surface area contributed by atoms with Crippen molar-refractivity contribution in [1.29, 1.82) is 0 Å². The molecule has 5 N–H and O–H groups in total. The van der Waals surface area contributed by atoms with Crippen molar-refractivity contribution in [2.45, 2.75) is 50.2 Å².